The van der Waals surface area contributed by atoms with E-state index in [1.807, 2.05) is 0 Å². The van der Waals surface area contributed by atoms with Gasteiger partial charge in [-0.2, -0.15) is 13.2 Å². The molecule has 0 fully saturated rings. The molecule has 20 heavy (non-hydrogen) atoms. The van der Waals surface area contributed by atoms with Crippen LogP contribution in [0.1, 0.15) is 30.1 Å². The number of nitrogens with two attached hydrogens (primary N) is 1. The Hall–Kier alpha value is -1.99. The maximum atomic E-state index is 12.0. The number of nitrogens with zero attached hydrogens (tertiary/aromatic N) is 1. The Morgan fingerprint density at radius 3 is 2.80 bits per heavy atom. The van der Waals surface area contributed by atoms with E-state index in [2.05, 4.69) is 10.3 Å². The molecule has 0 radical (unpaired) electrons. The van der Waals surface area contributed by atoms with Crippen LogP contribution in [0.25, 0.3) is 0 Å². The lowest BCUT2D eigenvalue weighted by molar-refractivity contribution is -0.134. The van der Waals surface area contributed by atoms with Gasteiger partial charge in [0.05, 0.1) is 17.9 Å². The Labute approximate surface area is 114 Å². The summed E-state index contributed by atoms with van der Waals surface area (Å²) in [5.41, 5.74) is 5.94. The van der Waals surface area contributed by atoms with Gasteiger partial charge in [0, 0.05) is 19.2 Å². The Balaban J connectivity index is 2.63. The Morgan fingerprint density at radius 2 is 2.20 bits per heavy atom. The van der Waals surface area contributed by atoms with E-state index in [-0.39, 0.29) is 36.6 Å². The molecule has 0 saturated carbocycles. The molecule has 1 aromatic heterocycles. The minimum atomic E-state index is -4.19. The van der Waals surface area contributed by atoms with Crippen LogP contribution in [-0.2, 0) is 4.74 Å². The highest BCUT2D eigenvalue weighted by atomic mass is 19.4. The molecule has 0 amide bonds. The number of anilines is 2. The smallest absolute Gasteiger partial charge is 0.389 e. The molecule has 1 rings (SSSR count). The minimum Gasteiger partial charge on any atom is -0.462 e. The molecular formula is C12H16F3N3O2. The van der Waals surface area contributed by atoms with Crippen molar-refractivity contribution in [3.8, 4) is 0 Å². The average Bonchev–Trinajstić information content (AvgIpc) is 2.35. The first kappa shape index (κ1) is 16.1. The summed E-state index contributed by atoms with van der Waals surface area (Å²) in [7, 11) is 0. The van der Waals surface area contributed by atoms with Crippen molar-refractivity contribution in [3.05, 3.63) is 17.8 Å². The summed E-state index contributed by atoms with van der Waals surface area (Å²) in [5, 5.41) is 2.68. The zero-order chi connectivity index (χ0) is 15.2. The largest absolute Gasteiger partial charge is 0.462 e. The van der Waals surface area contributed by atoms with Gasteiger partial charge in [0.1, 0.15) is 5.82 Å². The van der Waals surface area contributed by atoms with Crippen LogP contribution in [0.4, 0.5) is 24.7 Å². The number of pyridine rings is 1. The van der Waals surface area contributed by atoms with Gasteiger partial charge in [-0.05, 0) is 19.4 Å². The number of halogens is 3. The number of ether oxygens (including phenoxy) is 1. The van der Waals surface area contributed by atoms with E-state index in [4.69, 9.17) is 10.5 Å². The van der Waals surface area contributed by atoms with Gasteiger partial charge >= 0.3 is 12.1 Å². The molecule has 0 atom stereocenters. The number of aromatic nitrogens is 1. The third-order valence-electron chi connectivity index (χ3n) is 2.41. The van der Waals surface area contributed by atoms with Crippen molar-refractivity contribution in [2.24, 2.45) is 0 Å². The molecular weight excluding hydrogens is 275 g/mol. The molecule has 3 N–H and O–H groups in total. The van der Waals surface area contributed by atoms with E-state index >= 15 is 0 Å². The number of hydrogen-bond donors (Lipinski definition) is 2. The van der Waals surface area contributed by atoms with Gasteiger partial charge in [0.25, 0.3) is 0 Å². The summed E-state index contributed by atoms with van der Waals surface area (Å²) >= 11 is 0. The fourth-order valence-electron chi connectivity index (χ4n) is 1.50. The second kappa shape index (κ2) is 6.97. The number of hydrogen-bond acceptors (Lipinski definition) is 5. The third kappa shape index (κ3) is 4.94. The van der Waals surface area contributed by atoms with Crippen LogP contribution in [0.2, 0.25) is 0 Å². The van der Waals surface area contributed by atoms with Crippen molar-refractivity contribution >= 4 is 17.5 Å². The maximum absolute atomic E-state index is 12.0. The first-order valence-corrected chi connectivity index (χ1v) is 6.07. The van der Waals surface area contributed by atoms with E-state index in [0.29, 0.717) is 0 Å². The molecule has 0 aliphatic rings. The Bertz CT molecular complexity index is 464. The van der Waals surface area contributed by atoms with Crippen molar-refractivity contribution < 1.29 is 22.7 Å². The van der Waals surface area contributed by atoms with Crippen LogP contribution in [0, 0.1) is 0 Å². The quantitative estimate of drug-likeness (QED) is 0.622. The lowest BCUT2D eigenvalue weighted by Crippen LogP contribution is -2.14. The number of rotatable bonds is 6. The fourth-order valence-corrected chi connectivity index (χ4v) is 1.50. The molecule has 1 aromatic rings. The highest BCUT2D eigenvalue weighted by Crippen LogP contribution is 2.23. The lowest BCUT2D eigenvalue weighted by Gasteiger charge is -2.11. The van der Waals surface area contributed by atoms with Crippen LogP contribution >= 0.6 is 0 Å². The molecule has 5 nitrogen and oxygen atoms in total. The SMILES string of the molecule is CCOC(=O)c1ccnc(NCCCC(F)(F)F)c1N. The van der Waals surface area contributed by atoms with Crippen molar-refractivity contribution in [1.29, 1.82) is 0 Å². The van der Waals surface area contributed by atoms with Crippen molar-refractivity contribution in [3.63, 3.8) is 0 Å². The highest BCUT2D eigenvalue weighted by Gasteiger charge is 2.26. The second-order valence-corrected chi connectivity index (χ2v) is 3.99. The molecule has 0 spiro atoms. The summed E-state index contributed by atoms with van der Waals surface area (Å²) in [6.07, 6.45) is -3.84. The number of nitrogens with one attached hydrogen (secondary N) is 1. The summed E-state index contributed by atoms with van der Waals surface area (Å²) in [4.78, 5) is 15.5. The Kier molecular flexibility index (Phi) is 5.60. The van der Waals surface area contributed by atoms with E-state index in [0.717, 1.165) is 0 Å². The van der Waals surface area contributed by atoms with Gasteiger partial charge < -0.3 is 15.8 Å². The molecule has 1 heterocycles. The molecule has 0 saturated heterocycles. The Morgan fingerprint density at radius 1 is 1.50 bits per heavy atom. The summed E-state index contributed by atoms with van der Waals surface area (Å²) < 4.78 is 40.8. The molecule has 0 bridgehead atoms. The van der Waals surface area contributed by atoms with Crippen molar-refractivity contribution in [2.45, 2.75) is 25.9 Å². The third-order valence-corrected chi connectivity index (χ3v) is 2.41. The summed E-state index contributed by atoms with van der Waals surface area (Å²) in [6.45, 7) is 1.92. The van der Waals surface area contributed by atoms with Gasteiger partial charge in [0.15, 0.2) is 0 Å². The van der Waals surface area contributed by atoms with Crippen LogP contribution in [0.3, 0.4) is 0 Å². The average molecular weight is 291 g/mol. The molecule has 8 heteroatoms. The topological polar surface area (TPSA) is 77.2 Å². The van der Waals surface area contributed by atoms with Gasteiger partial charge in [0.2, 0.25) is 0 Å². The first-order valence-electron chi connectivity index (χ1n) is 6.07. The van der Waals surface area contributed by atoms with E-state index in [9.17, 15) is 18.0 Å². The lowest BCUT2D eigenvalue weighted by atomic mass is 10.2. The molecule has 0 aliphatic heterocycles. The zero-order valence-electron chi connectivity index (χ0n) is 11.0. The number of carbonyl (C=O) groups is 1. The fraction of sp³-hybridized carbons (Fsp3) is 0.500. The predicted molar refractivity (Wildman–Crippen MR) is 68.4 cm³/mol. The first-order chi connectivity index (χ1) is 9.35. The van der Waals surface area contributed by atoms with Gasteiger partial charge in [-0.1, -0.05) is 0 Å². The van der Waals surface area contributed by atoms with Crippen LogP contribution in [0.5, 0.6) is 0 Å². The number of alkyl halides is 3. The van der Waals surface area contributed by atoms with E-state index in [1.165, 1.54) is 12.3 Å². The molecule has 0 aromatic carbocycles. The number of nitrogen functional groups attached to an aromatic ring is 1. The van der Waals surface area contributed by atoms with Crippen LogP contribution in [-0.4, -0.2) is 30.3 Å². The molecule has 0 aliphatic carbocycles. The van der Waals surface area contributed by atoms with Gasteiger partial charge in [-0.25, -0.2) is 9.78 Å². The highest BCUT2D eigenvalue weighted by molar-refractivity contribution is 5.97. The van der Waals surface area contributed by atoms with E-state index < -0.39 is 18.6 Å². The standard InChI is InChI=1S/C12H16F3N3O2/c1-2-20-11(19)8-4-7-18-10(9(8)16)17-6-3-5-12(13,14)15/h4,7H,2-3,5-6,16H2,1H3,(H,17,18). The number of carbonyl (C=O) groups excluding carboxylic acids is 1. The molecule has 112 valence electrons. The summed E-state index contributed by atoms with van der Waals surface area (Å²) in [6, 6.07) is 1.40. The minimum absolute atomic E-state index is 0.0585. The normalized spacial score (nSPS) is 11.2. The summed E-state index contributed by atoms with van der Waals surface area (Å²) in [5.74, 6) is -0.413. The maximum Gasteiger partial charge on any atom is 0.389 e. The van der Waals surface area contributed by atoms with Crippen LogP contribution in [0.15, 0.2) is 12.3 Å². The monoisotopic (exact) mass is 291 g/mol. The predicted octanol–water partition coefficient (Wildman–Crippen LogP) is 2.59. The van der Waals surface area contributed by atoms with Gasteiger partial charge in [-0.15, -0.1) is 0 Å². The molecule has 0 unspecified atom stereocenters. The van der Waals surface area contributed by atoms with E-state index in [1.54, 1.807) is 6.92 Å². The second-order valence-electron chi connectivity index (χ2n) is 3.99. The van der Waals surface area contributed by atoms with Crippen molar-refractivity contribution in [1.82, 2.24) is 4.98 Å². The van der Waals surface area contributed by atoms with Crippen molar-refractivity contribution in [2.75, 3.05) is 24.2 Å². The number of esters is 1. The van der Waals surface area contributed by atoms with Gasteiger partial charge in [-0.3, -0.25) is 0 Å². The van der Waals surface area contributed by atoms with Crippen LogP contribution < -0.4 is 11.1 Å². The zero-order valence-corrected chi connectivity index (χ0v) is 11.0.